The molecule has 0 bridgehead atoms. The molecular formula is C15H20N4O. The number of morpholine rings is 1. The van der Waals surface area contributed by atoms with Crippen LogP contribution in [-0.2, 0) is 11.3 Å². The van der Waals surface area contributed by atoms with Crippen LogP contribution >= 0.6 is 0 Å². The lowest BCUT2D eigenvalue weighted by atomic mass is 10.2. The van der Waals surface area contributed by atoms with E-state index in [1.54, 1.807) is 0 Å². The molecule has 2 heterocycles. The highest BCUT2D eigenvalue weighted by Crippen LogP contribution is 2.18. The highest BCUT2D eigenvalue weighted by atomic mass is 16.5. The predicted octanol–water partition coefficient (Wildman–Crippen LogP) is 1.46. The Bertz CT molecular complexity index is 543. The van der Waals surface area contributed by atoms with Gasteiger partial charge in [-0.2, -0.15) is 0 Å². The topological polar surface area (TPSA) is 56.3 Å². The van der Waals surface area contributed by atoms with Gasteiger partial charge in [-0.1, -0.05) is 0 Å². The maximum absolute atomic E-state index is 5.73. The molecule has 0 amide bonds. The van der Waals surface area contributed by atoms with Gasteiger partial charge < -0.3 is 15.0 Å². The minimum atomic E-state index is 0.778. The van der Waals surface area contributed by atoms with Crippen molar-refractivity contribution in [2.45, 2.75) is 6.54 Å². The van der Waals surface area contributed by atoms with Gasteiger partial charge in [0.05, 0.1) is 13.2 Å². The van der Waals surface area contributed by atoms with Crippen LogP contribution in [0.3, 0.4) is 0 Å². The van der Waals surface area contributed by atoms with Gasteiger partial charge in [0.2, 0.25) is 0 Å². The van der Waals surface area contributed by atoms with E-state index >= 15 is 0 Å². The average Bonchev–Trinajstić information content (AvgIpc) is 2.95. The molecule has 5 heteroatoms. The molecule has 1 aromatic heterocycles. The predicted molar refractivity (Wildman–Crippen MR) is 79.3 cm³/mol. The van der Waals surface area contributed by atoms with E-state index in [9.17, 15) is 0 Å². The van der Waals surface area contributed by atoms with E-state index in [1.807, 2.05) is 36.7 Å². The summed E-state index contributed by atoms with van der Waals surface area (Å²) in [5.41, 5.74) is 7.61. The summed E-state index contributed by atoms with van der Waals surface area (Å²) in [6.45, 7) is 5.70. The Labute approximate surface area is 119 Å². The number of anilines is 1. The largest absolute Gasteiger partial charge is 0.399 e. The Kier molecular flexibility index (Phi) is 3.99. The lowest BCUT2D eigenvalue weighted by Gasteiger charge is -2.26. The summed E-state index contributed by atoms with van der Waals surface area (Å²) in [5, 5.41) is 0. The number of rotatable bonds is 4. The van der Waals surface area contributed by atoms with Crippen LogP contribution in [0.1, 0.15) is 0 Å². The number of nitrogens with zero attached hydrogens (tertiary/aromatic N) is 3. The van der Waals surface area contributed by atoms with E-state index in [0.717, 1.165) is 56.5 Å². The van der Waals surface area contributed by atoms with Crippen LogP contribution in [0.25, 0.3) is 11.4 Å². The molecule has 106 valence electrons. The zero-order valence-corrected chi connectivity index (χ0v) is 11.5. The molecule has 5 nitrogen and oxygen atoms in total. The fourth-order valence-electron chi connectivity index (χ4n) is 2.46. The van der Waals surface area contributed by atoms with Crippen molar-refractivity contribution in [3.05, 3.63) is 36.7 Å². The molecule has 0 radical (unpaired) electrons. The van der Waals surface area contributed by atoms with Crippen LogP contribution in [0.5, 0.6) is 0 Å². The normalized spacial score (nSPS) is 16.4. The van der Waals surface area contributed by atoms with Crippen LogP contribution in [0, 0.1) is 0 Å². The van der Waals surface area contributed by atoms with Crippen LogP contribution in [-0.4, -0.2) is 47.3 Å². The maximum atomic E-state index is 5.73. The van der Waals surface area contributed by atoms with Gasteiger partial charge in [0.15, 0.2) is 0 Å². The Morgan fingerprint density at radius 2 is 1.85 bits per heavy atom. The zero-order chi connectivity index (χ0) is 13.8. The molecule has 1 saturated heterocycles. The van der Waals surface area contributed by atoms with E-state index in [1.165, 1.54) is 0 Å². The van der Waals surface area contributed by atoms with E-state index in [2.05, 4.69) is 14.5 Å². The molecule has 0 atom stereocenters. The first kappa shape index (κ1) is 13.1. The lowest BCUT2D eigenvalue weighted by Crippen LogP contribution is -2.38. The third-order valence-corrected chi connectivity index (χ3v) is 3.65. The van der Waals surface area contributed by atoms with Crippen molar-refractivity contribution in [3.63, 3.8) is 0 Å². The van der Waals surface area contributed by atoms with Crippen LogP contribution < -0.4 is 5.73 Å². The summed E-state index contributed by atoms with van der Waals surface area (Å²) in [5.74, 6) is 0.998. The summed E-state index contributed by atoms with van der Waals surface area (Å²) in [7, 11) is 0. The molecule has 0 aliphatic carbocycles. The van der Waals surface area contributed by atoms with Gasteiger partial charge in [-0.3, -0.25) is 4.90 Å². The molecule has 2 aromatic rings. The van der Waals surface area contributed by atoms with E-state index in [-0.39, 0.29) is 0 Å². The standard InChI is InChI=1S/C15H20N4O/c16-14-3-1-13(2-4-14)15-17-5-6-19(15)8-7-18-9-11-20-12-10-18/h1-6H,7-12,16H2. The highest BCUT2D eigenvalue weighted by Gasteiger charge is 2.11. The molecule has 1 aromatic carbocycles. The molecule has 0 unspecified atom stereocenters. The van der Waals surface area contributed by atoms with Crippen molar-refractivity contribution >= 4 is 5.69 Å². The summed E-state index contributed by atoms with van der Waals surface area (Å²) in [4.78, 5) is 6.89. The Hall–Kier alpha value is -1.85. The fraction of sp³-hybridized carbons (Fsp3) is 0.400. The van der Waals surface area contributed by atoms with E-state index in [4.69, 9.17) is 10.5 Å². The number of hydrogen-bond donors (Lipinski definition) is 1. The number of nitrogens with two attached hydrogens (primary N) is 1. The smallest absolute Gasteiger partial charge is 0.139 e. The second-order valence-electron chi connectivity index (χ2n) is 5.02. The molecule has 20 heavy (non-hydrogen) atoms. The van der Waals surface area contributed by atoms with Crippen molar-refractivity contribution in [2.75, 3.05) is 38.6 Å². The van der Waals surface area contributed by atoms with Gasteiger partial charge in [0.25, 0.3) is 0 Å². The Morgan fingerprint density at radius 1 is 1.10 bits per heavy atom. The molecule has 2 N–H and O–H groups in total. The first-order chi connectivity index (χ1) is 9.83. The second kappa shape index (κ2) is 6.07. The van der Waals surface area contributed by atoms with Gasteiger partial charge in [0.1, 0.15) is 5.82 Å². The summed E-state index contributed by atoms with van der Waals surface area (Å²) in [6.07, 6.45) is 3.89. The third-order valence-electron chi connectivity index (χ3n) is 3.65. The number of ether oxygens (including phenoxy) is 1. The van der Waals surface area contributed by atoms with Crippen molar-refractivity contribution < 1.29 is 4.74 Å². The van der Waals surface area contributed by atoms with Crippen LogP contribution in [0.2, 0.25) is 0 Å². The quantitative estimate of drug-likeness (QED) is 0.856. The SMILES string of the molecule is Nc1ccc(-c2nccn2CCN2CCOCC2)cc1. The Morgan fingerprint density at radius 3 is 2.60 bits per heavy atom. The zero-order valence-electron chi connectivity index (χ0n) is 11.5. The molecule has 0 spiro atoms. The van der Waals surface area contributed by atoms with Crippen molar-refractivity contribution in [2.24, 2.45) is 0 Å². The number of benzene rings is 1. The van der Waals surface area contributed by atoms with Gasteiger partial charge in [-0.15, -0.1) is 0 Å². The number of hydrogen-bond acceptors (Lipinski definition) is 4. The molecule has 0 saturated carbocycles. The van der Waals surface area contributed by atoms with Gasteiger partial charge >= 0.3 is 0 Å². The van der Waals surface area contributed by atoms with Crippen molar-refractivity contribution in [1.82, 2.24) is 14.5 Å². The molecule has 3 rings (SSSR count). The molecule has 1 fully saturated rings. The number of nitrogen functional groups attached to an aromatic ring is 1. The van der Waals surface area contributed by atoms with E-state index in [0.29, 0.717) is 0 Å². The number of aromatic nitrogens is 2. The van der Waals surface area contributed by atoms with Crippen molar-refractivity contribution in [3.8, 4) is 11.4 Å². The van der Waals surface area contributed by atoms with E-state index < -0.39 is 0 Å². The van der Waals surface area contributed by atoms with Gasteiger partial charge in [-0.05, 0) is 24.3 Å². The summed E-state index contributed by atoms with van der Waals surface area (Å²) in [6, 6.07) is 7.86. The highest BCUT2D eigenvalue weighted by molar-refractivity contribution is 5.59. The molecule has 1 aliphatic rings. The Balaban J connectivity index is 1.68. The number of imidazole rings is 1. The molecular weight excluding hydrogens is 252 g/mol. The monoisotopic (exact) mass is 272 g/mol. The molecule has 1 aliphatic heterocycles. The lowest BCUT2D eigenvalue weighted by molar-refractivity contribution is 0.0364. The first-order valence-corrected chi connectivity index (χ1v) is 7.00. The average molecular weight is 272 g/mol. The van der Waals surface area contributed by atoms with Crippen LogP contribution in [0.4, 0.5) is 5.69 Å². The van der Waals surface area contributed by atoms with Gasteiger partial charge in [0, 0.05) is 49.8 Å². The maximum Gasteiger partial charge on any atom is 0.139 e. The minimum absolute atomic E-state index is 0.778. The third kappa shape index (κ3) is 3.00. The first-order valence-electron chi connectivity index (χ1n) is 7.00. The minimum Gasteiger partial charge on any atom is -0.399 e. The fourth-order valence-corrected chi connectivity index (χ4v) is 2.46. The van der Waals surface area contributed by atoms with Crippen LogP contribution in [0.15, 0.2) is 36.7 Å². The summed E-state index contributed by atoms with van der Waals surface area (Å²) >= 11 is 0. The van der Waals surface area contributed by atoms with Crippen molar-refractivity contribution in [1.29, 1.82) is 0 Å². The second-order valence-corrected chi connectivity index (χ2v) is 5.02. The van der Waals surface area contributed by atoms with Gasteiger partial charge in [-0.25, -0.2) is 4.98 Å². The summed E-state index contributed by atoms with van der Waals surface area (Å²) < 4.78 is 7.56.